The van der Waals surface area contributed by atoms with Crippen LogP contribution in [-0.2, 0) is 13.1 Å². The Labute approximate surface area is 130 Å². The Balaban J connectivity index is 2.21. The third-order valence-corrected chi connectivity index (χ3v) is 4.51. The van der Waals surface area contributed by atoms with Crippen LogP contribution in [-0.4, -0.2) is 4.57 Å². The first-order valence-corrected chi connectivity index (χ1v) is 7.89. The summed E-state index contributed by atoms with van der Waals surface area (Å²) in [5.41, 5.74) is 7.82. The molecule has 0 aliphatic carbocycles. The molecule has 2 rings (SSSR count). The van der Waals surface area contributed by atoms with E-state index >= 15 is 0 Å². The molecule has 0 saturated heterocycles. The molecule has 0 unspecified atom stereocenters. The van der Waals surface area contributed by atoms with Gasteiger partial charge in [0.25, 0.3) is 0 Å². The molecular formula is C17H23BrN2. The predicted molar refractivity (Wildman–Crippen MR) is 90.5 cm³/mol. The van der Waals surface area contributed by atoms with Crippen LogP contribution in [0.4, 0.5) is 5.69 Å². The van der Waals surface area contributed by atoms with Gasteiger partial charge >= 0.3 is 0 Å². The molecule has 0 spiro atoms. The molecule has 0 atom stereocenters. The number of hydrogen-bond donors (Lipinski definition) is 1. The largest absolute Gasteiger partial charge is 0.380 e. The smallest absolute Gasteiger partial charge is 0.0517 e. The molecule has 0 radical (unpaired) electrons. The molecule has 2 aromatic rings. The lowest BCUT2D eigenvalue weighted by molar-refractivity contribution is 0.715. The molecule has 0 bridgehead atoms. The lowest BCUT2D eigenvalue weighted by atomic mass is 10.1. The van der Waals surface area contributed by atoms with Crippen molar-refractivity contribution in [3.8, 4) is 0 Å². The molecule has 20 heavy (non-hydrogen) atoms. The van der Waals surface area contributed by atoms with Gasteiger partial charge in [0.15, 0.2) is 0 Å². The number of halogens is 1. The van der Waals surface area contributed by atoms with Crippen molar-refractivity contribution in [2.45, 2.75) is 47.7 Å². The summed E-state index contributed by atoms with van der Waals surface area (Å²) in [6.07, 6.45) is 0. The maximum atomic E-state index is 3.66. The fourth-order valence-electron chi connectivity index (χ4n) is 2.86. The van der Waals surface area contributed by atoms with E-state index in [0.29, 0.717) is 0 Å². The summed E-state index contributed by atoms with van der Waals surface area (Å²) >= 11 is 3.66. The predicted octanol–water partition coefficient (Wildman–Crippen LogP) is 5.12. The van der Waals surface area contributed by atoms with Gasteiger partial charge in [0, 0.05) is 29.0 Å². The summed E-state index contributed by atoms with van der Waals surface area (Å²) < 4.78 is 3.49. The Bertz CT molecular complexity index is 603. The average molecular weight is 335 g/mol. The zero-order valence-electron chi connectivity index (χ0n) is 13.0. The first-order valence-electron chi connectivity index (χ1n) is 7.10. The molecule has 0 aliphatic heterocycles. The van der Waals surface area contributed by atoms with Crippen molar-refractivity contribution in [3.63, 3.8) is 0 Å². The molecule has 0 aliphatic rings. The third kappa shape index (κ3) is 2.93. The molecule has 3 heteroatoms. The molecule has 1 aromatic carbocycles. The van der Waals surface area contributed by atoms with Crippen LogP contribution >= 0.6 is 15.9 Å². The standard InChI is InChI=1S/C17H23BrN2/c1-6-20-13(4)9-15(14(20)5)10-19-17-12(3)7-11(2)8-16(17)18/h7-9,19H,6,10H2,1-5H3. The van der Waals surface area contributed by atoms with E-state index in [1.807, 2.05) is 0 Å². The average Bonchev–Trinajstić information content (AvgIpc) is 2.62. The summed E-state index contributed by atoms with van der Waals surface area (Å²) in [5.74, 6) is 0. The van der Waals surface area contributed by atoms with Gasteiger partial charge < -0.3 is 9.88 Å². The van der Waals surface area contributed by atoms with Crippen LogP contribution in [0.15, 0.2) is 22.7 Å². The highest BCUT2D eigenvalue weighted by molar-refractivity contribution is 9.10. The van der Waals surface area contributed by atoms with Gasteiger partial charge in [-0.3, -0.25) is 0 Å². The van der Waals surface area contributed by atoms with E-state index in [1.54, 1.807) is 0 Å². The normalized spacial score (nSPS) is 10.9. The molecule has 0 amide bonds. The number of nitrogens with zero attached hydrogens (tertiary/aromatic N) is 1. The Morgan fingerprint density at radius 2 is 1.80 bits per heavy atom. The highest BCUT2D eigenvalue weighted by Crippen LogP contribution is 2.28. The lowest BCUT2D eigenvalue weighted by Crippen LogP contribution is -2.04. The minimum atomic E-state index is 0.863. The zero-order chi connectivity index (χ0) is 14.9. The van der Waals surface area contributed by atoms with Crippen molar-refractivity contribution in [2.24, 2.45) is 0 Å². The molecule has 1 aromatic heterocycles. The van der Waals surface area contributed by atoms with Gasteiger partial charge in [-0.05, 0) is 79.4 Å². The van der Waals surface area contributed by atoms with Crippen LogP contribution in [0.25, 0.3) is 0 Å². The summed E-state index contributed by atoms with van der Waals surface area (Å²) in [6.45, 7) is 12.7. The van der Waals surface area contributed by atoms with Crippen molar-refractivity contribution in [2.75, 3.05) is 5.32 Å². The summed E-state index contributed by atoms with van der Waals surface area (Å²) in [7, 11) is 0. The van der Waals surface area contributed by atoms with E-state index in [0.717, 1.165) is 17.6 Å². The van der Waals surface area contributed by atoms with Crippen molar-refractivity contribution < 1.29 is 0 Å². The molecule has 1 N–H and O–H groups in total. The highest BCUT2D eigenvalue weighted by Gasteiger charge is 2.09. The van der Waals surface area contributed by atoms with Gasteiger partial charge in [0.1, 0.15) is 0 Å². The second-order valence-electron chi connectivity index (χ2n) is 5.43. The van der Waals surface area contributed by atoms with E-state index < -0.39 is 0 Å². The highest BCUT2D eigenvalue weighted by atomic mass is 79.9. The number of aryl methyl sites for hydroxylation is 3. The van der Waals surface area contributed by atoms with Crippen LogP contribution in [0.3, 0.4) is 0 Å². The van der Waals surface area contributed by atoms with Gasteiger partial charge in [0.05, 0.1) is 5.69 Å². The summed E-state index contributed by atoms with van der Waals surface area (Å²) in [4.78, 5) is 0. The van der Waals surface area contributed by atoms with Gasteiger partial charge in [-0.2, -0.15) is 0 Å². The molecule has 2 nitrogen and oxygen atoms in total. The number of nitrogens with one attached hydrogen (secondary N) is 1. The topological polar surface area (TPSA) is 17.0 Å². The maximum absolute atomic E-state index is 3.66. The van der Waals surface area contributed by atoms with E-state index in [9.17, 15) is 0 Å². The number of rotatable bonds is 4. The van der Waals surface area contributed by atoms with Crippen molar-refractivity contribution in [1.82, 2.24) is 4.57 Å². The van der Waals surface area contributed by atoms with Crippen molar-refractivity contribution >= 4 is 21.6 Å². The number of hydrogen-bond acceptors (Lipinski definition) is 1. The second kappa shape index (κ2) is 6.04. The zero-order valence-corrected chi connectivity index (χ0v) is 14.6. The molecule has 0 saturated carbocycles. The lowest BCUT2D eigenvalue weighted by Gasteiger charge is -2.13. The van der Waals surface area contributed by atoms with Crippen molar-refractivity contribution in [1.29, 1.82) is 0 Å². The van der Waals surface area contributed by atoms with E-state index in [1.165, 1.54) is 33.8 Å². The molecular weight excluding hydrogens is 312 g/mol. The molecule has 1 heterocycles. The van der Waals surface area contributed by atoms with Gasteiger partial charge in [-0.1, -0.05) is 6.07 Å². The van der Waals surface area contributed by atoms with Gasteiger partial charge in [-0.15, -0.1) is 0 Å². The van der Waals surface area contributed by atoms with Crippen LogP contribution in [0.2, 0.25) is 0 Å². The van der Waals surface area contributed by atoms with Gasteiger partial charge in [0.2, 0.25) is 0 Å². The molecule has 108 valence electrons. The number of aromatic nitrogens is 1. The van der Waals surface area contributed by atoms with E-state index in [2.05, 4.69) is 78.6 Å². The Morgan fingerprint density at radius 1 is 1.10 bits per heavy atom. The van der Waals surface area contributed by atoms with E-state index in [-0.39, 0.29) is 0 Å². The summed E-state index contributed by atoms with van der Waals surface area (Å²) in [6, 6.07) is 6.65. The Kier molecular flexibility index (Phi) is 4.59. The van der Waals surface area contributed by atoms with Crippen LogP contribution in [0, 0.1) is 27.7 Å². The van der Waals surface area contributed by atoms with Crippen LogP contribution < -0.4 is 5.32 Å². The van der Waals surface area contributed by atoms with Gasteiger partial charge in [-0.25, -0.2) is 0 Å². The SMILES string of the molecule is CCn1c(C)cc(CNc2c(C)cc(C)cc2Br)c1C. The fraction of sp³-hybridized carbons (Fsp3) is 0.412. The quantitative estimate of drug-likeness (QED) is 0.821. The Morgan fingerprint density at radius 3 is 2.35 bits per heavy atom. The minimum absolute atomic E-state index is 0.863. The fourth-order valence-corrected chi connectivity index (χ4v) is 3.68. The molecule has 0 fully saturated rings. The monoisotopic (exact) mass is 334 g/mol. The maximum Gasteiger partial charge on any atom is 0.0517 e. The number of benzene rings is 1. The van der Waals surface area contributed by atoms with E-state index in [4.69, 9.17) is 0 Å². The Hall–Kier alpha value is -1.22. The van der Waals surface area contributed by atoms with Crippen molar-refractivity contribution in [3.05, 3.63) is 50.8 Å². The number of anilines is 1. The summed E-state index contributed by atoms with van der Waals surface area (Å²) in [5, 5.41) is 3.57. The second-order valence-corrected chi connectivity index (χ2v) is 6.29. The van der Waals surface area contributed by atoms with Crippen LogP contribution in [0.1, 0.15) is 35.0 Å². The first-order chi connectivity index (χ1) is 9.43. The third-order valence-electron chi connectivity index (χ3n) is 3.88. The van der Waals surface area contributed by atoms with Crippen LogP contribution in [0.5, 0.6) is 0 Å². The minimum Gasteiger partial charge on any atom is -0.380 e. The first kappa shape index (κ1) is 15.2.